The number of hydrogen-bond acceptors (Lipinski definition) is 3. The third-order valence-corrected chi connectivity index (χ3v) is 4.57. The molecular weight excluding hydrogens is 302 g/mol. The molecule has 0 saturated carbocycles. The van der Waals surface area contributed by atoms with E-state index >= 15 is 0 Å². The fraction of sp³-hybridized carbons (Fsp3) is 0.474. The van der Waals surface area contributed by atoms with Crippen molar-refractivity contribution in [2.24, 2.45) is 0 Å². The van der Waals surface area contributed by atoms with E-state index in [-0.39, 0.29) is 12.1 Å². The largest absolute Gasteiger partial charge is 0.361 e. The zero-order valence-corrected chi connectivity index (χ0v) is 14.4. The molecule has 5 heteroatoms. The molecule has 1 fully saturated rings. The lowest BCUT2D eigenvalue weighted by Gasteiger charge is -2.24. The molecule has 1 N–H and O–H groups in total. The number of nitrogens with zero attached hydrogens (tertiary/aromatic N) is 2. The highest BCUT2D eigenvalue weighted by atomic mass is 16.5. The van der Waals surface area contributed by atoms with Gasteiger partial charge >= 0.3 is 6.03 Å². The number of likely N-dealkylation sites (tertiary alicyclic amines) is 1. The molecule has 24 heavy (non-hydrogen) atoms. The SMILES string of the molecule is CCCc1cc(C2CCCN2C(=O)Nc2ccccc2CC)no1. The van der Waals surface area contributed by atoms with Gasteiger partial charge < -0.3 is 14.7 Å². The van der Waals surface area contributed by atoms with Gasteiger partial charge in [0.1, 0.15) is 11.5 Å². The van der Waals surface area contributed by atoms with Crippen LogP contribution >= 0.6 is 0 Å². The van der Waals surface area contributed by atoms with E-state index in [1.807, 2.05) is 35.2 Å². The highest BCUT2D eigenvalue weighted by molar-refractivity contribution is 5.90. The van der Waals surface area contributed by atoms with Gasteiger partial charge in [0.05, 0.1) is 6.04 Å². The van der Waals surface area contributed by atoms with Crippen LogP contribution in [0.5, 0.6) is 0 Å². The van der Waals surface area contributed by atoms with Crippen molar-refractivity contribution in [3.05, 3.63) is 47.3 Å². The second-order valence-corrected chi connectivity index (χ2v) is 6.26. The van der Waals surface area contributed by atoms with Crippen LogP contribution in [-0.2, 0) is 12.8 Å². The Morgan fingerprint density at radius 3 is 3.00 bits per heavy atom. The molecule has 1 saturated heterocycles. The van der Waals surface area contributed by atoms with E-state index in [2.05, 4.69) is 24.3 Å². The van der Waals surface area contributed by atoms with E-state index < -0.39 is 0 Å². The maximum atomic E-state index is 12.8. The van der Waals surface area contributed by atoms with Crippen LogP contribution in [0.15, 0.2) is 34.9 Å². The van der Waals surface area contributed by atoms with Crippen molar-refractivity contribution < 1.29 is 9.32 Å². The summed E-state index contributed by atoms with van der Waals surface area (Å²) in [5.74, 6) is 0.899. The van der Waals surface area contributed by atoms with Crippen molar-refractivity contribution in [2.75, 3.05) is 11.9 Å². The standard InChI is InChI=1S/C19H25N3O2/c1-3-8-15-13-17(21-24-15)18-11-7-12-22(18)19(23)20-16-10-6-5-9-14(16)4-2/h5-6,9-10,13,18H,3-4,7-8,11-12H2,1-2H3,(H,20,23). The molecular formula is C19H25N3O2. The van der Waals surface area contributed by atoms with Crippen molar-refractivity contribution in [2.45, 2.75) is 52.0 Å². The third kappa shape index (κ3) is 3.45. The molecule has 0 bridgehead atoms. The van der Waals surface area contributed by atoms with Gasteiger partial charge in [-0.25, -0.2) is 4.79 Å². The number of amides is 2. The maximum absolute atomic E-state index is 12.8. The number of nitrogens with one attached hydrogen (secondary N) is 1. The first-order chi connectivity index (χ1) is 11.7. The van der Waals surface area contributed by atoms with Gasteiger partial charge in [0, 0.05) is 24.7 Å². The van der Waals surface area contributed by atoms with Crippen molar-refractivity contribution in [3.8, 4) is 0 Å². The first kappa shape index (κ1) is 16.6. The smallest absolute Gasteiger partial charge is 0.322 e. The van der Waals surface area contributed by atoms with E-state index in [0.29, 0.717) is 0 Å². The van der Waals surface area contributed by atoms with E-state index in [1.165, 1.54) is 0 Å². The van der Waals surface area contributed by atoms with Gasteiger partial charge in [-0.2, -0.15) is 0 Å². The highest BCUT2D eigenvalue weighted by Crippen LogP contribution is 2.32. The number of hydrogen-bond donors (Lipinski definition) is 1. The lowest BCUT2D eigenvalue weighted by atomic mass is 10.1. The number of carbonyl (C=O) groups excluding carboxylic acids is 1. The van der Waals surface area contributed by atoms with Gasteiger partial charge in [-0.15, -0.1) is 0 Å². The lowest BCUT2D eigenvalue weighted by Crippen LogP contribution is -2.34. The Kier molecular flexibility index (Phi) is 5.18. The average Bonchev–Trinajstić information content (AvgIpc) is 3.24. The van der Waals surface area contributed by atoms with E-state index in [4.69, 9.17) is 4.52 Å². The number of urea groups is 1. The van der Waals surface area contributed by atoms with Gasteiger partial charge in [0.2, 0.25) is 0 Å². The Bertz CT molecular complexity index is 695. The summed E-state index contributed by atoms with van der Waals surface area (Å²) in [5, 5.41) is 7.26. The highest BCUT2D eigenvalue weighted by Gasteiger charge is 2.32. The van der Waals surface area contributed by atoms with Crippen LogP contribution in [0.2, 0.25) is 0 Å². The van der Waals surface area contributed by atoms with Crippen molar-refractivity contribution in [3.63, 3.8) is 0 Å². The Balaban J connectivity index is 1.73. The fourth-order valence-electron chi connectivity index (χ4n) is 3.31. The van der Waals surface area contributed by atoms with Crippen LogP contribution < -0.4 is 5.32 Å². The van der Waals surface area contributed by atoms with Crippen molar-refractivity contribution in [1.82, 2.24) is 10.1 Å². The number of benzene rings is 1. The molecule has 1 aliphatic heterocycles. The zero-order chi connectivity index (χ0) is 16.9. The molecule has 1 aromatic carbocycles. The van der Waals surface area contributed by atoms with Crippen molar-refractivity contribution in [1.29, 1.82) is 0 Å². The van der Waals surface area contributed by atoms with Gasteiger partial charge in [-0.3, -0.25) is 0 Å². The Morgan fingerprint density at radius 1 is 1.38 bits per heavy atom. The summed E-state index contributed by atoms with van der Waals surface area (Å²) in [5.41, 5.74) is 2.91. The summed E-state index contributed by atoms with van der Waals surface area (Å²) in [6.07, 6.45) is 4.72. The first-order valence-electron chi connectivity index (χ1n) is 8.84. The normalized spacial score (nSPS) is 17.2. The van der Waals surface area contributed by atoms with Crippen LogP contribution in [0, 0.1) is 0 Å². The second kappa shape index (κ2) is 7.51. The number of rotatable bonds is 5. The van der Waals surface area contributed by atoms with Crippen LogP contribution in [0.4, 0.5) is 10.5 Å². The average molecular weight is 327 g/mol. The summed E-state index contributed by atoms with van der Waals surface area (Å²) >= 11 is 0. The minimum absolute atomic E-state index is 0.00754. The molecule has 1 aliphatic rings. The molecule has 1 atom stereocenters. The third-order valence-electron chi connectivity index (χ3n) is 4.57. The molecule has 0 aliphatic carbocycles. The predicted molar refractivity (Wildman–Crippen MR) is 94.0 cm³/mol. The number of anilines is 1. The molecule has 5 nitrogen and oxygen atoms in total. The molecule has 3 rings (SSSR count). The molecule has 2 amide bonds. The number of para-hydroxylation sites is 1. The topological polar surface area (TPSA) is 58.4 Å². The van der Waals surface area contributed by atoms with E-state index in [0.717, 1.165) is 61.4 Å². The fourth-order valence-corrected chi connectivity index (χ4v) is 3.31. The molecule has 0 radical (unpaired) electrons. The van der Waals surface area contributed by atoms with Crippen LogP contribution in [-0.4, -0.2) is 22.6 Å². The summed E-state index contributed by atoms with van der Waals surface area (Å²) < 4.78 is 5.39. The minimum Gasteiger partial charge on any atom is -0.361 e. The summed E-state index contributed by atoms with van der Waals surface area (Å²) in [7, 11) is 0. The van der Waals surface area contributed by atoms with Gasteiger partial charge in [0.25, 0.3) is 0 Å². The first-order valence-corrected chi connectivity index (χ1v) is 8.84. The van der Waals surface area contributed by atoms with Crippen LogP contribution in [0.1, 0.15) is 56.2 Å². The Hall–Kier alpha value is -2.30. The number of carbonyl (C=O) groups is 1. The Morgan fingerprint density at radius 2 is 2.21 bits per heavy atom. The number of aryl methyl sites for hydroxylation is 2. The summed E-state index contributed by atoms with van der Waals surface area (Å²) in [6, 6.07) is 9.90. The monoisotopic (exact) mass is 327 g/mol. The van der Waals surface area contributed by atoms with Gasteiger partial charge in [-0.1, -0.05) is 37.2 Å². The lowest BCUT2D eigenvalue weighted by molar-refractivity contribution is 0.204. The van der Waals surface area contributed by atoms with Crippen LogP contribution in [0.3, 0.4) is 0 Å². The van der Waals surface area contributed by atoms with Crippen LogP contribution in [0.25, 0.3) is 0 Å². The summed E-state index contributed by atoms with van der Waals surface area (Å²) in [4.78, 5) is 14.6. The molecule has 128 valence electrons. The van der Waals surface area contributed by atoms with Crippen molar-refractivity contribution >= 4 is 11.7 Å². The predicted octanol–water partition coefficient (Wildman–Crippen LogP) is 4.56. The zero-order valence-electron chi connectivity index (χ0n) is 14.4. The quantitative estimate of drug-likeness (QED) is 0.876. The minimum atomic E-state index is -0.0570. The second-order valence-electron chi connectivity index (χ2n) is 6.26. The molecule has 1 unspecified atom stereocenters. The number of aromatic nitrogens is 1. The van der Waals surface area contributed by atoms with Gasteiger partial charge in [-0.05, 0) is 37.3 Å². The van der Waals surface area contributed by atoms with E-state index in [9.17, 15) is 4.79 Å². The molecule has 2 heterocycles. The molecule has 2 aromatic rings. The van der Waals surface area contributed by atoms with E-state index in [1.54, 1.807) is 0 Å². The Labute approximate surface area is 143 Å². The maximum Gasteiger partial charge on any atom is 0.322 e. The summed E-state index contributed by atoms with van der Waals surface area (Å²) in [6.45, 7) is 4.96. The molecule has 1 aromatic heterocycles. The van der Waals surface area contributed by atoms with Gasteiger partial charge in [0.15, 0.2) is 0 Å². The molecule has 0 spiro atoms.